The first-order valence-electron chi connectivity index (χ1n) is 7.06. The summed E-state index contributed by atoms with van der Waals surface area (Å²) in [5, 5.41) is 6.98. The molecule has 1 N–H and O–H groups in total. The number of amides is 1. The van der Waals surface area contributed by atoms with Crippen LogP contribution in [0.4, 0.5) is 5.82 Å². The molecule has 22 heavy (non-hydrogen) atoms. The van der Waals surface area contributed by atoms with Crippen LogP contribution >= 0.6 is 0 Å². The van der Waals surface area contributed by atoms with E-state index >= 15 is 0 Å². The van der Waals surface area contributed by atoms with Gasteiger partial charge < -0.3 is 5.32 Å². The molecule has 2 aromatic rings. The fourth-order valence-electron chi connectivity index (χ4n) is 2.15. The molecule has 118 valence electrons. The van der Waals surface area contributed by atoms with E-state index in [-0.39, 0.29) is 16.2 Å². The minimum atomic E-state index is -3.46. The molecule has 0 radical (unpaired) electrons. The number of rotatable bonds is 5. The average molecular weight is 321 g/mol. The van der Waals surface area contributed by atoms with Gasteiger partial charge >= 0.3 is 0 Å². The van der Waals surface area contributed by atoms with Crippen LogP contribution in [-0.4, -0.2) is 29.9 Å². The van der Waals surface area contributed by atoms with E-state index in [4.69, 9.17) is 0 Å². The number of nitrogens with one attached hydrogen (secondary N) is 1. The Hall–Kier alpha value is -2.15. The monoisotopic (exact) mass is 321 g/mol. The van der Waals surface area contributed by atoms with E-state index < -0.39 is 15.7 Å². The molecule has 0 aliphatic rings. The maximum atomic E-state index is 12.5. The standard InChI is InChI=1S/C15H19N3O3S/c1-4-18-14(10-11(3)17-18)16-15(19)12-8-6-7-9-13(12)22(20,21)5-2/h6-10H,4-5H2,1-3H3,(H,16,19). The summed E-state index contributed by atoms with van der Waals surface area (Å²) < 4.78 is 25.9. The molecule has 0 saturated carbocycles. The molecule has 1 aromatic heterocycles. The number of anilines is 1. The third-order valence-corrected chi connectivity index (χ3v) is 5.08. The van der Waals surface area contributed by atoms with Crippen LogP contribution < -0.4 is 5.32 Å². The summed E-state index contributed by atoms with van der Waals surface area (Å²) in [4.78, 5) is 12.5. The third kappa shape index (κ3) is 3.19. The second kappa shape index (κ2) is 6.31. The van der Waals surface area contributed by atoms with Gasteiger partial charge in [0.15, 0.2) is 9.84 Å². The summed E-state index contributed by atoms with van der Waals surface area (Å²) in [6.45, 7) is 5.91. The Kier molecular flexibility index (Phi) is 4.65. The van der Waals surface area contributed by atoms with Gasteiger partial charge in [0, 0.05) is 12.6 Å². The Balaban J connectivity index is 2.39. The molecular formula is C15H19N3O3S. The molecular weight excluding hydrogens is 302 g/mol. The Labute approximate surface area is 130 Å². The number of carbonyl (C=O) groups excluding carboxylic acids is 1. The van der Waals surface area contributed by atoms with Gasteiger partial charge in [-0.25, -0.2) is 13.1 Å². The lowest BCUT2D eigenvalue weighted by Crippen LogP contribution is -2.19. The van der Waals surface area contributed by atoms with E-state index in [1.54, 1.807) is 29.8 Å². The van der Waals surface area contributed by atoms with Crippen LogP contribution in [-0.2, 0) is 16.4 Å². The van der Waals surface area contributed by atoms with Gasteiger partial charge in [0.25, 0.3) is 5.91 Å². The molecule has 0 fully saturated rings. The number of benzene rings is 1. The molecule has 1 amide bonds. The van der Waals surface area contributed by atoms with Crippen molar-refractivity contribution in [3.8, 4) is 0 Å². The van der Waals surface area contributed by atoms with Crippen molar-refractivity contribution in [1.29, 1.82) is 0 Å². The van der Waals surface area contributed by atoms with E-state index in [2.05, 4.69) is 10.4 Å². The van der Waals surface area contributed by atoms with Crippen molar-refractivity contribution in [1.82, 2.24) is 9.78 Å². The van der Waals surface area contributed by atoms with E-state index in [1.807, 2.05) is 13.8 Å². The molecule has 1 heterocycles. The zero-order valence-electron chi connectivity index (χ0n) is 12.8. The van der Waals surface area contributed by atoms with E-state index in [0.29, 0.717) is 12.4 Å². The smallest absolute Gasteiger partial charge is 0.258 e. The lowest BCUT2D eigenvalue weighted by Gasteiger charge is -2.10. The highest BCUT2D eigenvalue weighted by Crippen LogP contribution is 2.19. The Morgan fingerprint density at radius 2 is 1.95 bits per heavy atom. The number of carbonyl (C=O) groups is 1. The molecule has 0 aliphatic heterocycles. The largest absolute Gasteiger partial charge is 0.307 e. The second-order valence-corrected chi connectivity index (χ2v) is 7.09. The number of aromatic nitrogens is 2. The molecule has 6 nitrogen and oxygen atoms in total. The highest BCUT2D eigenvalue weighted by molar-refractivity contribution is 7.91. The minimum absolute atomic E-state index is 0.0503. The van der Waals surface area contributed by atoms with Crippen molar-refractivity contribution < 1.29 is 13.2 Å². The summed E-state index contributed by atoms with van der Waals surface area (Å²) in [7, 11) is -3.46. The zero-order valence-corrected chi connectivity index (χ0v) is 13.6. The quantitative estimate of drug-likeness (QED) is 0.916. The lowest BCUT2D eigenvalue weighted by atomic mass is 10.2. The highest BCUT2D eigenvalue weighted by atomic mass is 32.2. The summed E-state index contributed by atoms with van der Waals surface area (Å²) in [5.74, 6) is 0.0412. The van der Waals surface area contributed by atoms with Crippen LogP contribution in [0.5, 0.6) is 0 Å². The average Bonchev–Trinajstić information content (AvgIpc) is 2.86. The predicted octanol–water partition coefficient (Wildman–Crippen LogP) is 2.26. The molecule has 2 rings (SSSR count). The number of hydrogen-bond acceptors (Lipinski definition) is 4. The van der Waals surface area contributed by atoms with Crippen LogP contribution in [0.3, 0.4) is 0 Å². The molecule has 0 spiro atoms. The van der Waals surface area contributed by atoms with Crippen molar-refractivity contribution in [2.75, 3.05) is 11.1 Å². The molecule has 0 aliphatic carbocycles. The van der Waals surface area contributed by atoms with Gasteiger partial charge in [-0.15, -0.1) is 0 Å². The van der Waals surface area contributed by atoms with Gasteiger partial charge in [-0.05, 0) is 26.0 Å². The summed E-state index contributed by atoms with van der Waals surface area (Å²) in [6.07, 6.45) is 0. The van der Waals surface area contributed by atoms with Gasteiger partial charge in [0.05, 0.1) is 21.9 Å². The van der Waals surface area contributed by atoms with Crippen molar-refractivity contribution >= 4 is 21.6 Å². The normalized spacial score (nSPS) is 11.4. The third-order valence-electron chi connectivity index (χ3n) is 3.29. The fraction of sp³-hybridized carbons (Fsp3) is 0.333. The van der Waals surface area contributed by atoms with Crippen molar-refractivity contribution in [3.63, 3.8) is 0 Å². The minimum Gasteiger partial charge on any atom is -0.307 e. The molecule has 0 bridgehead atoms. The maximum absolute atomic E-state index is 12.5. The van der Waals surface area contributed by atoms with E-state index in [0.717, 1.165) is 5.69 Å². The molecule has 1 aromatic carbocycles. The summed E-state index contributed by atoms with van der Waals surface area (Å²) in [6, 6.07) is 7.97. The molecule has 0 unspecified atom stereocenters. The van der Waals surface area contributed by atoms with Crippen molar-refractivity contribution in [2.45, 2.75) is 32.2 Å². The van der Waals surface area contributed by atoms with Crippen molar-refractivity contribution in [2.24, 2.45) is 0 Å². The lowest BCUT2D eigenvalue weighted by molar-refractivity contribution is 0.102. The number of sulfone groups is 1. The summed E-state index contributed by atoms with van der Waals surface area (Å²) >= 11 is 0. The Morgan fingerprint density at radius 1 is 1.27 bits per heavy atom. The first-order chi connectivity index (χ1) is 10.4. The van der Waals surface area contributed by atoms with E-state index in [1.165, 1.54) is 12.1 Å². The first kappa shape index (κ1) is 16.2. The summed E-state index contributed by atoms with van der Waals surface area (Å²) in [5.41, 5.74) is 0.928. The predicted molar refractivity (Wildman–Crippen MR) is 84.8 cm³/mol. The van der Waals surface area contributed by atoms with Crippen molar-refractivity contribution in [3.05, 3.63) is 41.6 Å². The topological polar surface area (TPSA) is 81.1 Å². The first-order valence-corrected chi connectivity index (χ1v) is 8.71. The highest BCUT2D eigenvalue weighted by Gasteiger charge is 2.21. The van der Waals surface area contributed by atoms with E-state index in [9.17, 15) is 13.2 Å². The van der Waals surface area contributed by atoms with Gasteiger partial charge in [0.2, 0.25) is 0 Å². The number of aryl methyl sites for hydroxylation is 2. The van der Waals surface area contributed by atoms with Gasteiger partial charge in [-0.2, -0.15) is 5.10 Å². The molecule has 7 heteroatoms. The fourth-order valence-corrected chi connectivity index (χ4v) is 3.24. The zero-order chi connectivity index (χ0) is 16.3. The van der Waals surface area contributed by atoms with Gasteiger partial charge in [0.1, 0.15) is 5.82 Å². The van der Waals surface area contributed by atoms with Crippen LogP contribution in [0.25, 0.3) is 0 Å². The number of nitrogens with zero attached hydrogens (tertiary/aromatic N) is 2. The maximum Gasteiger partial charge on any atom is 0.258 e. The van der Waals surface area contributed by atoms with Crippen LogP contribution in [0, 0.1) is 6.92 Å². The Morgan fingerprint density at radius 3 is 2.59 bits per heavy atom. The molecule has 0 saturated heterocycles. The van der Waals surface area contributed by atoms with Crippen LogP contribution in [0.1, 0.15) is 29.9 Å². The Bertz CT molecular complexity index is 794. The second-order valence-electron chi connectivity index (χ2n) is 4.84. The SMILES string of the molecule is CCn1nc(C)cc1NC(=O)c1ccccc1S(=O)(=O)CC. The van der Waals surface area contributed by atoms with Gasteiger partial charge in [-0.1, -0.05) is 19.1 Å². The number of hydrogen-bond donors (Lipinski definition) is 1. The van der Waals surface area contributed by atoms with Gasteiger partial charge in [-0.3, -0.25) is 4.79 Å². The molecule has 0 atom stereocenters. The van der Waals surface area contributed by atoms with Crippen LogP contribution in [0.15, 0.2) is 35.2 Å². The van der Waals surface area contributed by atoms with Crippen LogP contribution in [0.2, 0.25) is 0 Å².